The van der Waals surface area contributed by atoms with Crippen molar-refractivity contribution in [3.05, 3.63) is 47.4 Å². The van der Waals surface area contributed by atoms with Crippen molar-refractivity contribution in [3.63, 3.8) is 0 Å². The Morgan fingerprint density at radius 2 is 1.84 bits per heavy atom. The first-order valence-corrected chi connectivity index (χ1v) is 11.8. The topological polar surface area (TPSA) is 70.6 Å². The molecule has 32 heavy (non-hydrogen) atoms. The number of rotatable bonds is 6. The van der Waals surface area contributed by atoms with E-state index in [-0.39, 0.29) is 11.8 Å². The van der Waals surface area contributed by atoms with Gasteiger partial charge < -0.3 is 15.0 Å². The fraction of sp³-hybridized carbons (Fsp3) is 0.560. The van der Waals surface area contributed by atoms with E-state index in [2.05, 4.69) is 34.3 Å². The molecule has 0 unspecified atom stereocenters. The van der Waals surface area contributed by atoms with Gasteiger partial charge in [-0.2, -0.15) is 0 Å². The Balaban J connectivity index is 1.34. The predicted molar refractivity (Wildman–Crippen MR) is 126 cm³/mol. The van der Waals surface area contributed by atoms with Crippen molar-refractivity contribution in [1.29, 1.82) is 0 Å². The SMILES string of the molecule is Cc1cccc(Nc2cc(C)nc(C3CCN(C(=O)[C@H](C)CN4CCOCC4)CC3)c2)n1. The second kappa shape index (κ2) is 10.4. The molecule has 0 radical (unpaired) electrons. The van der Waals surface area contributed by atoms with E-state index in [0.717, 1.165) is 87.4 Å². The van der Waals surface area contributed by atoms with E-state index < -0.39 is 0 Å². The molecule has 0 bridgehead atoms. The van der Waals surface area contributed by atoms with Crippen molar-refractivity contribution in [2.24, 2.45) is 5.92 Å². The standard InChI is InChI=1S/C25H35N5O2/c1-18(17-29-11-13-32-14-12-29)25(31)30-9-7-21(8-10-30)23-16-22(15-20(3)26-23)28-24-6-4-5-19(2)27-24/h4-6,15-16,18,21H,7-14,17H2,1-3H3,(H,26,27,28)/t18-/m1/s1. The molecule has 1 atom stereocenters. The van der Waals surface area contributed by atoms with E-state index in [1.165, 1.54) is 0 Å². The molecule has 0 aromatic carbocycles. The van der Waals surface area contributed by atoms with Gasteiger partial charge in [0.1, 0.15) is 5.82 Å². The smallest absolute Gasteiger partial charge is 0.226 e. The Kier molecular flexibility index (Phi) is 7.37. The highest BCUT2D eigenvalue weighted by atomic mass is 16.5. The van der Waals surface area contributed by atoms with E-state index >= 15 is 0 Å². The summed E-state index contributed by atoms with van der Waals surface area (Å²) >= 11 is 0. The summed E-state index contributed by atoms with van der Waals surface area (Å²) in [6.07, 6.45) is 1.91. The fourth-order valence-electron chi connectivity index (χ4n) is 4.69. The largest absolute Gasteiger partial charge is 0.379 e. The van der Waals surface area contributed by atoms with Crippen LogP contribution in [-0.4, -0.2) is 71.6 Å². The molecular formula is C25H35N5O2. The number of nitrogens with one attached hydrogen (secondary N) is 1. The number of piperidine rings is 1. The van der Waals surface area contributed by atoms with Crippen LogP contribution in [0.2, 0.25) is 0 Å². The highest BCUT2D eigenvalue weighted by molar-refractivity contribution is 5.78. The number of aryl methyl sites for hydroxylation is 2. The van der Waals surface area contributed by atoms with Crippen LogP contribution < -0.4 is 5.32 Å². The molecule has 7 heteroatoms. The Morgan fingerprint density at radius 3 is 2.56 bits per heavy atom. The molecular weight excluding hydrogens is 402 g/mol. The van der Waals surface area contributed by atoms with Crippen LogP contribution in [0.1, 0.15) is 42.8 Å². The number of nitrogens with zero attached hydrogens (tertiary/aromatic N) is 4. The minimum atomic E-state index is 0.0272. The zero-order chi connectivity index (χ0) is 22.5. The molecule has 2 aromatic rings. The number of likely N-dealkylation sites (tertiary alicyclic amines) is 1. The van der Waals surface area contributed by atoms with Gasteiger partial charge in [-0.1, -0.05) is 13.0 Å². The molecule has 1 amide bonds. The van der Waals surface area contributed by atoms with Crippen LogP contribution >= 0.6 is 0 Å². The summed E-state index contributed by atoms with van der Waals surface area (Å²) < 4.78 is 5.42. The monoisotopic (exact) mass is 437 g/mol. The second-order valence-corrected chi connectivity index (χ2v) is 9.12. The van der Waals surface area contributed by atoms with E-state index in [0.29, 0.717) is 5.92 Å². The minimum Gasteiger partial charge on any atom is -0.379 e. The average Bonchev–Trinajstić information content (AvgIpc) is 2.79. The lowest BCUT2D eigenvalue weighted by Crippen LogP contribution is -2.46. The van der Waals surface area contributed by atoms with Crippen molar-refractivity contribution >= 4 is 17.4 Å². The Morgan fingerprint density at radius 1 is 1.09 bits per heavy atom. The van der Waals surface area contributed by atoms with Crippen LogP contribution in [0.25, 0.3) is 0 Å². The maximum absolute atomic E-state index is 13.0. The first kappa shape index (κ1) is 22.7. The van der Waals surface area contributed by atoms with Gasteiger partial charge in [0.25, 0.3) is 0 Å². The highest BCUT2D eigenvalue weighted by Crippen LogP contribution is 2.30. The molecule has 0 spiro atoms. The molecule has 2 aliphatic heterocycles. The molecule has 2 fully saturated rings. The first-order valence-electron chi connectivity index (χ1n) is 11.8. The molecule has 2 aliphatic rings. The van der Waals surface area contributed by atoms with E-state index in [1.54, 1.807) is 0 Å². The van der Waals surface area contributed by atoms with Gasteiger partial charge in [0.05, 0.1) is 13.2 Å². The van der Waals surface area contributed by atoms with Crippen LogP contribution in [0.5, 0.6) is 0 Å². The number of carbonyl (C=O) groups excluding carboxylic acids is 1. The summed E-state index contributed by atoms with van der Waals surface area (Å²) in [5, 5.41) is 3.42. The van der Waals surface area contributed by atoms with Gasteiger partial charge >= 0.3 is 0 Å². The fourth-order valence-corrected chi connectivity index (χ4v) is 4.69. The summed E-state index contributed by atoms with van der Waals surface area (Å²) in [6.45, 7) is 11.9. The summed E-state index contributed by atoms with van der Waals surface area (Å²) in [4.78, 5) is 26.7. The number of amides is 1. The summed E-state index contributed by atoms with van der Waals surface area (Å²) in [5.41, 5.74) is 4.10. The van der Waals surface area contributed by atoms with Crippen molar-refractivity contribution in [2.75, 3.05) is 51.3 Å². The Hall–Kier alpha value is -2.51. The van der Waals surface area contributed by atoms with Crippen molar-refractivity contribution < 1.29 is 9.53 Å². The van der Waals surface area contributed by atoms with E-state index in [1.807, 2.05) is 36.9 Å². The molecule has 7 nitrogen and oxygen atoms in total. The lowest BCUT2D eigenvalue weighted by molar-refractivity contribution is -0.137. The summed E-state index contributed by atoms with van der Waals surface area (Å²) in [6, 6.07) is 10.2. The lowest BCUT2D eigenvalue weighted by Gasteiger charge is -2.35. The summed E-state index contributed by atoms with van der Waals surface area (Å²) in [5.74, 6) is 1.52. The third kappa shape index (κ3) is 5.84. The summed E-state index contributed by atoms with van der Waals surface area (Å²) in [7, 11) is 0. The second-order valence-electron chi connectivity index (χ2n) is 9.12. The number of hydrogen-bond donors (Lipinski definition) is 1. The Bertz CT molecular complexity index is 920. The van der Waals surface area contributed by atoms with Gasteiger partial charge in [0.15, 0.2) is 0 Å². The van der Waals surface area contributed by atoms with E-state index in [9.17, 15) is 4.79 Å². The maximum atomic E-state index is 13.0. The van der Waals surface area contributed by atoms with Gasteiger partial charge in [-0.3, -0.25) is 14.7 Å². The average molecular weight is 438 g/mol. The number of pyridine rings is 2. The zero-order valence-corrected chi connectivity index (χ0v) is 19.5. The van der Waals surface area contributed by atoms with Crippen LogP contribution in [0, 0.1) is 19.8 Å². The van der Waals surface area contributed by atoms with Crippen LogP contribution in [0.4, 0.5) is 11.5 Å². The van der Waals surface area contributed by atoms with Gasteiger partial charge in [0.2, 0.25) is 5.91 Å². The number of carbonyl (C=O) groups is 1. The van der Waals surface area contributed by atoms with Gasteiger partial charge in [-0.25, -0.2) is 4.98 Å². The first-order chi connectivity index (χ1) is 15.5. The number of ether oxygens (including phenoxy) is 1. The molecule has 0 saturated carbocycles. The van der Waals surface area contributed by atoms with Gasteiger partial charge in [-0.05, 0) is 51.0 Å². The zero-order valence-electron chi connectivity index (χ0n) is 19.5. The molecule has 4 rings (SSSR count). The van der Waals surface area contributed by atoms with Crippen molar-refractivity contribution in [2.45, 2.75) is 39.5 Å². The highest BCUT2D eigenvalue weighted by Gasteiger charge is 2.28. The molecule has 4 heterocycles. The van der Waals surface area contributed by atoms with Gasteiger partial charge in [-0.15, -0.1) is 0 Å². The third-order valence-corrected chi connectivity index (χ3v) is 6.42. The number of hydrogen-bond acceptors (Lipinski definition) is 6. The van der Waals surface area contributed by atoms with Crippen LogP contribution in [0.15, 0.2) is 30.3 Å². The van der Waals surface area contributed by atoms with Crippen molar-refractivity contribution in [3.8, 4) is 0 Å². The number of aromatic nitrogens is 2. The number of anilines is 2. The molecule has 2 aromatic heterocycles. The van der Waals surface area contributed by atoms with E-state index in [4.69, 9.17) is 9.72 Å². The normalized spacial score (nSPS) is 19.0. The maximum Gasteiger partial charge on any atom is 0.226 e. The minimum absolute atomic E-state index is 0.0272. The molecule has 0 aliphatic carbocycles. The number of morpholine rings is 1. The lowest BCUT2D eigenvalue weighted by atomic mass is 9.92. The third-order valence-electron chi connectivity index (χ3n) is 6.42. The molecule has 2 saturated heterocycles. The van der Waals surface area contributed by atoms with Crippen molar-refractivity contribution in [1.82, 2.24) is 19.8 Å². The predicted octanol–water partition coefficient (Wildman–Crippen LogP) is 3.51. The molecule has 172 valence electrons. The van der Waals surface area contributed by atoms with Crippen LogP contribution in [-0.2, 0) is 9.53 Å². The van der Waals surface area contributed by atoms with Crippen LogP contribution in [0.3, 0.4) is 0 Å². The quantitative estimate of drug-likeness (QED) is 0.746. The molecule has 1 N–H and O–H groups in total. The Labute approximate surface area is 191 Å². The van der Waals surface area contributed by atoms with Gasteiger partial charge in [0, 0.05) is 67.3 Å².